The summed E-state index contributed by atoms with van der Waals surface area (Å²) in [7, 11) is 0. The first-order valence-corrected chi connectivity index (χ1v) is 7.71. The molecule has 0 saturated heterocycles. The first kappa shape index (κ1) is 16.8. The van der Waals surface area contributed by atoms with Crippen LogP contribution in [-0.2, 0) is 4.74 Å². The van der Waals surface area contributed by atoms with Gasteiger partial charge in [0, 0.05) is 6.42 Å². The molecule has 2 heteroatoms. The van der Waals surface area contributed by atoms with Gasteiger partial charge in [-0.3, -0.25) is 0 Å². The Morgan fingerprint density at radius 3 is 2.35 bits per heavy atom. The van der Waals surface area contributed by atoms with Crippen molar-refractivity contribution >= 4 is 5.57 Å². The van der Waals surface area contributed by atoms with E-state index in [4.69, 9.17) is 9.47 Å². The third kappa shape index (κ3) is 6.25. The number of hydrogen-bond donors (Lipinski definition) is 0. The van der Waals surface area contributed by atoms with Crippen LogP contribution in [0.4, 0.5) is 0 Å². The Labute approximate surface area is 123 Å². The molecule has 2 nitrogen and oxygen atoms in total. The Hall–Kier alpha value is -1.28. The first-order chi connectivity index (χ1) is 9.67. The topological polar surface area (TPSA) is 18.5 Å². The lowest BCUT2D eigenvalue weighted by atomic mass is 10.1. The van der Waals surface area contributed by atoms with Gasteiger partial charge in [-0.1, -0.05) is 57.4 Å². The van der Waals surface area contributed by atoms with E-state index in [1.54, 1.807) is 0 Å². The lowest BCUT2D eigenvalue weighted by Gasteiger charge is -2.18. The van der Waals surface area contributed by atoms with Crippen LogP contribution in [0.2, 0.25) is 0 Å². The zero-order valence-corrected chi connectivity index (χ0v) is 13.2. The Morgan fingerprint density at radius 2 is 1.80 bits per heavy atom. The Morgan fingerprint density at radius 1 is 1.10 bits per heavy atom. The summed E-state index contributed by atoms with van der Waals surface area (Å²) in [6.07, 6.45) is 5.59. The van der Waals surface area contributed by atoms with Gasteiger partial charge in [-0.05, 0) is 31.0 Å². The maximum absolute atomic E-state index is 5.85. The highest BCUT2D eigenvalue weighted by atomic mass is 16.7. The summed E-state index contributed by atoms with van der Waals surface area (Å²) in [5, 5.41) is 0. The molecule has 0 bridgehead atoms. The van der Waals surface area contributed by atoms with E-state index in [1.807, 2.05) is 31.2 Å². The maximum Gasteiger partial charge on any atom is 0.199 e. The number of unbranched alkanes of at least 4 members (excludes halogenated alkanes) is 3. The molecule has 0 aliphatic rings. The van der Waals surface area contributed by atoms with Crippen LogP contribution in [0.15, 0.2) is 30.8 Å². The van der Waals surface area contributed by atoms with Crippen molar-refractivity contribution in [2.45, 2.75) is 59.2 Å². The van der Waals surface area contributed by atoms with E-state index in [9.17, 15) is 0 Å². The van der Waals surface area contributed by atoms with E-state index >= 15 is 0 Å². The molecular weight excluding hydrogens is 248 g/mol. The minimum Gasteiger partial charge on any atom is -0.465 e. The molecule has 0 aliphatic carbocycles. The zero-order valence-electron chi connectivity index (χ0n) is 13.2. The van der Waals surface area contributed by atoms with Gasteiger partial charge in [0.2, 0.25) is 0 Å². The average Bonchev–Trinajstić information content (AvgIpc) is 2.46. The molecule has 1 atom stereocenters. The highest BCUT2D eigenvalue weighted by Crippen LogP contribution is 2.19. The van der Waals surface area contributed by atoms with Crippen molar-refractivity contribution in [2.24, 2.45) is 0 Å². The van der Waals surface area contributed by atoms with Gasteiger partial charge in [0.05, 0.1) is 6.61 Å². The van der Waals surface area contributed by atoms with Gasteiger partial charge in [-0.25, -0.2) is 0 Å². The largest absolute Gasteiger partial charge is 0.465 e. The fourth-order valence-corrected chi connectivity index (χ4v) is 1.95. The van der Waals surface area contributed by atoms with Gasteiger partial charge in [0.15, 0.2) is 6.29 Å². The van der Waals surface area contributed by atoms with Crippen LogP contribution in [-0.4, -0.2) is 12.9 Å². The summed E-state index contributed by atoms with van der Waals surface area (Å²) in [4.78, 5) is 0. The number of rotatable bonds is 10. The van der Waals surface area contributed by atoms with Gasteiger partial charge in [-0.2, -0.15) is 0 Å². The van der Waals surface area contributed by atoms with Crippen LogP contribution in [0.25, 0.3) is 5.57 Å². The quantitative estimate of drug-likeness (QED) is 0.419. The SMILES string of the molecule is C=C(C)c1ccc(OC(CC)OCCCCCC)cc1. The van der Waals surface area contributed by atoms with Crippen LogP contribution >= 0.6 is 0 Å². The monoisotopic (exact) mass is 276 g/mol. The molecule has 0 radical (unpaired) electrons. The third-order valence-electron chi connectivity index (χ3n) is 3.25. The minimum absolute atomic E-state index is 0.146. The van der Waals surface area contributed by atoms with Gasteiger partial charge < -0.3 is 9.47 Å². The predicted octanol–water partition coefficient (Wildman–Crippen LogP) is 5.43. The van der Waals surface area contributed by atoms with Crippen molar-refractivity contribution in [3.05, 3.63) is 36.4 Å². The highest BCUT2D eigenvalue weighted by Gasteiger charge is 2.08. The van der Waals surface area contributed by atoms with Crippen LogP contribution < -0.4 is 4.74 Å². The van der Waals surface area contributed by atoms with Crippen molar-refractivity contribution < 1.29 is 9.47 Å². The third-order valence-corrected chi connectivity index (χ3v) is 3.25. The molecule has 0 spiro atoms. The molecule has 1 unspecified atom stereocenters. The lowest BCUT2D eigenvalue weighted by molar-refractivity contribution is -0.0825. The van der Waals surface area contributed by atoms with E-state index in [0.717, 1.165) is 36.3 Å². The second-order valence-electron chi connectivity index (χ2n) is 5.19. The second-order valence-corrected chi connectivity index (χ2v) is 5.19. The first-order valence-electron chi connectivity index (χ1n) is 7.71. The van der Waals surface area contributed by atoms with Crippen LogP contribution in [0.1, 0.15) is 58.4 Å². The van der Waals surface area contributed by atoms with E-state index < -0.39 is 0 Å². The van der Waals surface area contributed by atoms with Crippen molar-refractivity contribution in [1.29, 1.82) is 0 Å². The normalized spacial score (nSPS) is 12.2. The van der Waals surface area contributed by atoms with Gasteiger partial charge in [0.1, 0.15) is 5.75 Å². The Bertz CT molecular complexity index is 381. The van der Waals surface area contributed by atoms with Crippen molar-refractivity contribution in [3.8, 4) is 5.75 Å². The average molecular weight is 276 g/mol. The smallest absolute Gasteiger partial charge is 0.199 e. The summed E-state index contributed by atoms with van der Waals surface area (Å²) in [6.45, 7) is 11.0. The molecule has 112 valence electrons. The van der Waals surface area contributed by atoms with E-state index in [1.165, 1.54) is 19.3 Å². The lowest BCUT2D eigenvalue weighted by Crippen LogP contribution is -2.20. The Kier molecular flexibility index (Phi) is 8.05. The summed E-state index contributed by atoms with van der Waals surface area (Å²) < 4.78 is 11.6. The molecule has 1 rings (SSSR count). The molecule has 0 saturated carbocycles. The maximum atomic E-state index is 5.85. The minimum atomic E-state index is -0.146. The van der Waals surface area contributed by atoms with Gasteiger partial charge in [-0.15, -0.1) is 0 Å². The highest BCUT2D eigenvalue weighted by molar-refractivity contribution is 5.61. The standard InChI is InChI=1S/C18H28O2/c1-5-7-8-9-14-19-18(6-2)20-17-12-10-16(11-13-17)15(3)4/h10-13,18H,3,5-9,14H2,1-2,4H3. The molecule has 1 aromatic carbocycles. The summed E-state index contributed by atoms with van der Waals surface area (Å²) in [5.74, 6) is 0.857. The van der Waals surface area contributed by atoms with E-state index in [-0.39, 0.29) is 6.29 Å². The van der Waals surface area contributed by atoms with Crippen molar-refractivity contribution in [1.82, 2.24) is 0 Å². The van der Waals surface area contributed by atoms with Crippen molar-refractivity contribution in [2.75, 3.05) is 6.61 Å². The summed E-state index contributed by atoms with van der Waals surface area (Å²) >= 11 is 0. The fourth-order valence-electron chi connectivity index (χ4n) is 1.95. The number of benzene rings is 1. The molecule has 0 fully saturated rings. The van der Waals surface area contributed by atoms with E-state index in [2.05, 4.69) is 20.4 Å². The van der Waals surface area contributed by atoms with Gasteiger partial charge >= 0.3 is 0 Å². The molecule has 0 aliphatic heterocycles. The summed E-state index contributed by atoms with van der Waals surface area (Å²) in [5.41, 5.74) is 2.21. The number of ether oxygens (including phenoxy) is 2. The molecule has 20 heavy (non-hydrogen) atoms. The second kappa shape index (κ2) is 9.60. The molecule has 1 aromatic rings. The molecule has 0 N–H and O–H groups in total. The predicted molar refractivity (Wildman–Crippen MR) is 86.0 cm³/mol. The molecule has 0 aromatic heterocycles. The van der Waals surface area contributed by atoms with E-state index in [0.29, 0.717) is 0 Å². The van der Waals surface area contributed by atoms with Crippen LogP contribution in [0.5, 0.6) is 5.75 Å². The van der Waals surface area contributed by atoms with Crippen LogP contribution in [0.3, 0.4) is 0 Å². The van der Waals surface area contributed by atoms with Gasteiger partial charge in [0.25, 0.3) is 0 Å². The molecular formula is C18H28O2. The van der Waals surface area contributed by atoms with Crippen molar-refractivity contribution in [3.63, 3.8) is 0 Å². The molecule has 0 amide bonds. The summed E-state index contributed by atoms with van der Waals surface area (Å²) in [6, 6.07) is 8.03. The Balaban J connectivity index is 2.37. The fraction of sp³-hybridized carbons (Fsp3) is 0.556. The molecule has 0 heterocycles. The number of hydrogen-bond acceptors (Lipinski definition) is 2. The van der Waals surface area contributed by atoms with Crippen LogP contribution in [0, 0.1) is 0 Å². The zero-order chi connectivity index (χ0) is 14.8. The number of allylic oxidation sites excluding steroid dienone is 1.